The topological polar surface area (TPSA) is 49.3 Å². The third kappa shape index (κ3) is 2.44. The molecule has 1 aromatic carbocycles. The molecule has 1 atom stereocenters. The Kier molecular flexibility index (Phi) is 3.38. The second kappa shape index (κ2) is 4.79. The van der Waals surface area contributed by atoms with E-state index in [4.69, 9.17) is 5.11 Å². The van der Waals surface area contributed by atoms with E-state index in [2.05, 4.69) is 5.32 Å². The molecular formula is C12H13F2NO2. The zero-order valence-corrected chi connectivity index (χ0v) is 9.17. The summed E-state index contributed by atoms with van der Waals surface area (Å²) in [4.78, 5) is 10.8. The molecule has 0 aromatic heterocycles. The molecule has 1 saturated heterocycles. The van der Waals surface area contributed by atoms with E-state index in [1.807, 2.05) is 0 Å². The van der Waals surface area contributed by atoms with Crippen LogP contribution in [-0.4, -0.2) is 17.6 Å². The van der Waals surface area contributed by atoms with Gasteiger partial charge in [-0.1, -0.05) is 6.42 Å². The average Bonchev–Trinajstić information content (AvgIpc) is 2.29. The van der Waals surface area contributed by atoms with Gasteiger partial charge in [0.05, 0.1) is 5.56 Å². The Morgan fingerprint density at radius 3 is 2.65 bits per heavy atom. The van der Waals surface area contributed by atoms with Crippen LogP contribution in [0.4, 0.5) is 8.78 Å². The summed E-state index contributed by atoms with van der Waals surface area (Å²) in [6, 6.07) is 1.52. The van der Waals surface area contributed by atoms with Crippen molar-refractivity contribution in [3.63, 3.8) is 0 Å². The number of hydrogen-bond donors (Lipinski definition) is 2. The molecule has 0 spiro atoms. The lowest BCUT2D eigenvalue weighted by Gasteiger charge is -2.24. The van der Waals surface area contributed by atoms with Crippen molar-refractivity contribution >= 4 is 5.97 Å². The molecule has 1 heterocycles. The standard InChI is InChI=1S/C12H13F2NO2/c13-9-6-10(14)8(12(16)17)5-7(9)11-3-1-2-4-15-11/h5-6,11,15H,1-4H2,(H,16,17). The molecule has 0 aliphatic carbocycles. The van der Waals surface area contributed by atoms with Gasteiger partial charge >= 0.3 is 5.97 Å². The van der Waals surface area contributed by atoms with Crippen LogP contribution in [0.2, 0.25) is 0 Å². The van der Waals surface area contributed by atoms with E-state index < -0.39 is 23.2 Å². The zero-order chi connectivity index (χ0) is 12.4. The van der Waals surface area contributed by atoms with Crippen LogP contribution in [0.15, 0.2) is 12.1 Å². The maximum atomic E-state index is 13.6. The van der Waals surface area contributed by atoms with Gasteiger partial charge in [-0.3, -0.25) is 0 Å². The molecule has 1 aromatic rings. The first-order valence-electron chi connectivity index (χ1n) is 5.55. The molecule has 2 N–H and O–H groups in total. The lowest BCUT2D eigenvalue weighted by atomic mass is 9.95. The zero-order valence-electron chi connectivity index (χ0n) is 9.17. The minimum Gasteiger partial charge on any atom is -0.478 e. The summed E-state index contributed by atoms with van der Waals surface area (Å²) in [6.07, 6.45) is 2.71. The summed E-state index contributed by atoms with van der Waals surface area (Å²) in [6.45, 7) is 0.768. The number of hydrogen-bond acceptors (Lipinski definition) is 2. The summed E-state index contributed by atoms with van der Waals surface area (Å²) < 4.78 is 26.8. The summed E-state index contributed by atoms with van der Waals surface area (Å²) in [7, 11) is 0. The first-order chi connectivity index (χ1) is 8.09. The fourth-order valence-corrected chi connectivity index (χ4v) is 2.11. The van der Waals surface area contributed by atoms with Crippen molar-refractivity contribution in [2.45, 2.75) is 25.3 Å². The van der Waals surface area contributed by atoms with Crippen molar-refractivity contribution in [2.24, 2.45) is 0 Å². The smallest absolute Gasteiger partial charge is 0.338 e. The number of benzene rings is 1. The van der Waals surface area contributed by atoms with E-state index in [9.17, 15) is 13.6 Å². The minimum absolute atomic E-state index is 0.220. The molecule has 1 aliphatic heterocycles. The van der Waals surface area contributed by atoms with Crippen molar-refractivity contribution in [3.8, 4) is 0 Å². The summed E-state index contributed by atoms with van der Waals surface area (Å²) >= 11 is 0. The molecule has 5 heteroatoms. The van der Waals surface area contributed by atoms with Crippen LogP contribution >= 0.6 is 0 Å². The SMILES string of the molecule is O=C(O)c1cc(C2CCCCN2)c(F)cc1F. The van der Waals surface area contributed by atoms with Crippen LogP contribution < -0.4 is 5.32 Å². The number of nitrogens with one attached hydrogen (secondary N) is 1. The molecule has 17 heavy (non-hydrogen) atoms. The summed E-state index contributed by atoms with van der Waals surface area (Å²) in [5.41, 5.74) is -0.239. The van der Waals surface area contributed by atoms with Gasteiger partial charge in [0.15, 0.2) is 0 Å². The molecule has 1 fully saturated rings. The molecule has 1 aliphatic rings. The Morgan fingerprint density at radius 2 is 2.06 bits per heavy atom. The van der Waals surface area contributed by atoms with Crippen LogP contribution in [0, 0.1) is 11.6 Å². The maximum absolute atomic E-state index is 13.6. The Bertz CT molecular complexity index is 442. The Labute approximate surface area is 97.5 Å². The number of piperidine rings is 1. The molecule has 2 rings (SSSR count). The molecular weight excluding hydrogens is 228 g/mol. The highest BCUT2D eigenvalue weighted by Crippen LogP contribution is 2.27. The number of carbonyl (C=O) groups is 1. The molecule has 0 saturated carbocycles. The maximum Gasteiger partial charge on any atom is 0.338 e. The number of halogens is 2. The second-order valence-electron chi connectivity index (χ2n) is 4.16. The molecule has 3 nitrogen and oxygen atoms in total. The van der Waals surface area contributed by atoms with E-state index in [1.165, 1.54) is 0 Å². The van der Waals surface area contributed by atoms with E-state index in [-0.39, 0.29) is 11.6 Å². The van der Waals surface area contributed by atoms with Gasteiger partial charge in [-0.2, -0.15) is 0 Å². The van der Waals surface area contributed by atoms with E-state index in [0.717, 1.165) is 31.9 Å². The van der Waals surface area contributed by atoms with Crippen molar-refractivity contribution in [2.75, 3.05) is 6.54 Å². The minimum atomic E-state index is -1.38. The lowest BCUT2D eigenvalue weighted by molar-refractivity contribution is 0.0691. The van der Waals surface area contributed by atoms with Gasteiger partial charge in [-0.05, 0) is 25.5 Å². The highest BCUT2D eigenvalue weighted by Gasteiger charge is 2.22. The summed E-state index contributed by atoms with van der Waals surface area (Å²) in [5, 5.41) is 11.9. The van der Waals surface area contributed by atoms with Gasteiger partial charge < -0.3 is 10.4 Å². The fraction of sp³-hybridized carbons (Fsp3) is 0.417. The first-order valence-corrected chi connectivity index (χ1v) is 5.55. The highest BCUT2D eigenvalue weighted by molar-refractivity contribution is 5.88. The number of carboxylic acids is 1. The Balaban J connectivity index is 2.38. The normalized spacial score (nSPS) is 20.2. The molecule has 92 valence electrons. The van der Waals surface area contributed by atoms with Crippen LogP contribution in [-0.2, 0) is 0 Å². The van der Waals surface area contributed by atoms with Crippen molar-refractivity contribution < 1.29 is 18.7 Å². The van der Waals surface area contributed by atoms with Gasteiger partial charge in [-0.25, -0.2) is 13.6 Å². The van der Waals surface area contributed by atoms with Gasteiger partial charge in [0.2, 0.25) is 0 Å². The molecule has 0 bridgehead atoms. The summed E-state index contributed by atoms with van der Waals surface area (Å²) in [5.74, 6) is -3.10. The number of aromatic carboxylic acids is 1. The van der Waals surface area contributed by atoms with Gasteiger partial charge in [0.25, 0.3) is 0 Å². The predicted molar refractivity (Wildman–Crippen MR) is 57.9 cm³/mol. The monoisotopic (exact) mass is 241 g/mol. The van der Waals surface area contributed by atoms with Crippen LogP contribution in [0.1, 0.15) is 41.2 Å². The van der Waals surface area contributed by atoms with Crippen LogP contribution in [0.25, 0.3) is 0 Å². The van der Waals surface area contributed by atoms with Crippen molar-refractivity contribution in [1.29, 1.82) is 0 Å². The average molecular weight is 241 g/mol. The number of rotatable bonds is 2. The second-order valence-corrected chi connectivity index (χ2v) is 4.16. The molecule has 0 amide bonds. The van der Waals surface area contributed by atoms with Crippen molar-refractivity contribution in [3.05, 3.63) is 34.9 Å². The van der Waals surface area contributed by atoms with Gasteiger partial charge in [0, 0.05) is 17.7 Å². The lowest BCUT2D eigenvalue weighted by Crippen LogP contribution is -2.27. The van der Waals surface area contributed by atoms with E-state index in [0.29, 0.717) is 6.07 Å². The largest absolute Gasteiger partial charge is 0.478 e. The quantitative estimate of drug-likeness (QED) is 0.836. The Morgan fingerprint density at radius 1 is 1.29 bits per heavy atom. The highest BCUT2D eigenvalue weighted by atomic mass is 19.1. The number of carboxylic acid groups (broad SMARTS) is 1. The first kappa shape index (κ1) is 12.0. The van der Waals surface area contributed by atoms with E-state index in [1.54, 1.807) is 0 Å². The van der Waals surface area contributed by atoms with E-state index >= 15 is 0 Å². The van der Waals surface area contributed by atoms with Crippen molar-refractivity contribution in [1.82, 2.24) is 5.32 Å². The fourth-order valence-electron chi connectivity index (χ4n) is 2.11. The molecule has 1 unspecified atom stereocenters. The predicted octanol–water partition coefficient (Wildman–Crippen LogP) is 2.48. The third-order valence-corrected chi connectivity index (χ3v) is 3.00. The van der Waals surface area contributed by atoms with Gasteiger partial charge in [0.1, 0.15) is 11.6 Å². The molecule has 0 radical (unpaired) electrons. The van der Waals surface area contributed by atoms with Crippen LogP contribution in [0.5, 0.6) is 0 Å². The van der Waals surface area contributed by atoms with Gasteiger partial charge in [-0.15, -0.1) is 0 Å². The third-order valence-electron chi connectivity index (χ3n) is 3.00. The van der Waals surface area contributed by atoms with Crippen LogP contribution in [0.3, 0.4) is 0 Å². The Hall–Kier alpha value is -1.49.